The summed E-state index contributed by atoms with van der Waals surface area (Å²) in [5.41, 5.74) is 2.22. The van der Waals surface area contributed by atoms with Crippen LogP contribution < -0.4 is 15.4 Å². The van der Waals surface area contributed by atoms with E-state index in [0.29, 0.717) is 44.3 Å². The first kappa shape index (κ1) is 19.2. The molecule has 0 saturated heterocycles. The van der Waals surface area contributed by atoms with Crippen LogP contribution >= 0.6 is 23.2 Å². The summed E-state index contributed by atoms with van der Waals surface area (Å²) in [6.45, 7) is 1.78. The van der Waals surface area contributed by atoms with Crippen LogP contribution in [0.4, 0.5) is 11.6 Å². The Bertz CT molecular complexity index is 1130. The van der Waals surface area contributed by atoms with Crippen molar-refractivity contribution in [3.63, 3.8) is 0 Å². The molecule has 2 heterocycles. The van der Waals surface area contributed by atoms with Gasteiger partial charge in [0.15, 0.2) is 0 Å². The van der Waals surface area contributed by atoms with Crippen LogP contribution in [0.15, 0.2) is 53.7 Å². The van der Waals surface area contributed by atoms with Crippen molar-refractivity contribution in [3.8, 4) is 5.75 Å². The number of fused-ring (bicyclic) bond motifs is 1. The van der Waals surface area contributed by atoms with Crippen LogP contribution in [0.5, 0.6) is 5.75 Å². The van der Waals surface area contributed by atoms with Gasteiger partial charge in [0.2, 0.25) is 5.95 Å². The van der Waals surface area contributed by atoms with Crippen molar-refractivity contribution >= 4 is 40.7 Å². The lowest BCUT2D eigenvalue weighted by molar-refractivity contribution is -0.113. The third-order valence-electron chi connectivity index (χ3n) is 4.57. The Morgan fingerprint density at radius 1 is 1.24 bits per heavy atom. The Kier molecular flexibility index (Phi) is 5.12. The molecule has 0 unspecified atom stereocenters. The molecule has 8 nitrogen and oxygen atoms in total. The number of carbonyl (C=O) groups is 1. The molecule has 2 aromatic carbocycles. The minimum absolute atomic E-state index is 0.336. The molecule has 29 heavy (non-hydrogen) atoms. The minimum Gasteiger partial charge on any atom is -0.495 e. The minimum atomic E-state index is -0.638. The topological polar surface area (TPSA) is 94.0 Å². The van der Waals surface area contributed by atoms with Gasteiger partial charge in [-0.3, -0.25) is 4.79 Å². The molecule has 0 spiro atoms. The van der Waals surface area contributed by atoms with Crippen molar-refractivity contribution in [1.29, 1.82) is 0 Å². The predicted molar refractivity (Wildman–Crippen MR) is 110 cm³/mol. The number of methoxy groups -OCH3 is 1. The number of tetrazole rings is 1. The maximum atomic E-state index is 13.3. The maximum absolute atomic E-state index is 13.3. The van der Waals surface area contributed by atoms with E-state index in [2.05, 4.69) is 26.2 Å². The number of hydrogen-bond donors (Lipinski definition) is 2. The van der Waals surface area contributed by atoms with E-state index in [1.807, 2.05) is 12.1 Å². The highest BCUT2D eigenvalue weighted by molar-refractivity contribution is 6.35. The Morgan fingerprint density at radius 3 is 2.79 bits per heavy atom. The molecule has 0 bridgehead atoms. The molecule has 0 radical (unpaired) electrons. The zero-order chi connectivity index (χ0) is 20.5. The summed E-state index contributed by atoms with van der Waals surface area (Å²) in [6, 6.07) is 11.6. The quantitative estimate of drug-likeness (QED) is 0.651. The third-order valence-corrected chi connectivity index (χ3v) is 5.13. The number of carbonyl (C=O) groups excluding carboxylic acids is 1. The van der Waals surface area contributed by atoms with E-state index in [1.54, 1.807) is 44.4 Å². The largest absolute Gasteiger partial charge is 0.495 e. The summed E-state index contributed by atoms with van der Waals surface area (Å²) in [5, 5.41) is 18.6. The molecule has 148 valence electrons. The van der Waals surface area contributed by atoms with E-state index in [9.17, 15) is 4.79 Å². The van der Waals surface area contributed by atoms with Crippen molar-refractivity contribution in [3.05, 3.63) is 69.3 Å². The number of hydrogen-bond acceptors (Lipinski definition) is 6. The zero-order valence-corrected chi connectivity index (χ0v) is 17.0. The van der Waals surface area contributed by atoms with Crippen molar-refractivity contribution in [2.75, 3.05) is 17.7 Å². The smallest absolute Gasteiger partial charge is 0.255 e. The van der Waals surface area contributed by atoms with Gasteiger partial charge in [-0.1, -0.05) is 46.5 Å². The molecule has 1 aliphatic rings. The Balaban J connectivity index is 1.80. The molecule has 3 aromatic rings. The van der Waals surface area contributed by atoms with Crippen molar-refractivity contribution in [1.82, 2.24) is 20.2 Å². The van der Waals surface area contributed by atoms with Crippen LogP contribution in [0.2, 0.25) is 10.0 Å². The number of nitrogens with one attached hydrogen (secondary N) is 2. The predicted octanol–water partition coefficient (Wildman–Crippen LogP) is 3.92. The van der Waals surface area contributed by atoms with Crippen molar-refractivity contribution in [2.45, 2.75) is 13.0 Å². The van der Waals surface area contributed by atoms with Gasteiger partial charge in [-0.25, -0.2) is 0 Å². The van der Waals surface area contributed by atoms with Crippen molar-refractivity contribution in [2.24, 2.45) is 0 Å². The Hall–Kier alpha value is -3.10. The fourth-order valence-corrected chi connectivity index (χ4v) is 3.77. The van der Waals surface area contributed by atoms with Gasteiger partial charge in [0.05, 0.1) is 18.4 Å². The molecule has 1 amide bonds. The lowest BCUT2D eigenvalue weighted by Crippen LogP contribution is -2.31. The SMILES string of the molecule is COc1ccccc1NC(=O)C1=C(C)Nc2nnnn2[C@H]1c1ccc(Cl)cc1Cl. The summed E-state index contributed by atoms with van der Waals surface area (Å²) < 4.78 is 6.84. The average Bonchev–Trinajstić information content (AvgIpc) is 3.15. The van der Waals surface area contributed by atoms with E-state index >= 15 is 0 Å². The normalized spacial score (nSPS) is 15.5. The lowest BCUT2D eigenvalue weighted by atomic mass is 9.95. The van der Waals surface area contributed by atoms with Gasteiger partial charge in [-0.15, -0.1) is 0 Å². The molecule has 4 rings (SSSR count). The first-order chi connectivity index (χ1) is 14.0. The van der Waals surface area contributed by atoms with Crippen LogP contribution in [-0.4, -0.2) is 33.2 Å². The van der Waals surface area contributed by atoms with E-state index in [4.69, 9.17) is 27.9 Å². The Morgan fingerprint density at radius 2 is 2.03 bits per heavy atom. The van der Waals surface area contributed by atoms with E-state index in [0.717, 1.165) is 0 Å². The first-order valence-electron chi connectivity index (χ1n) is 8.64. The number of halogens is 2. The highest BCUT2D eigenvalue weighted by Gasteiger charge is 2.35. The number of nitrogens with zero attached hydrogens (tertiary/aromatic N) is 4. The van der Waals surface area contributed by atoms with E-state index in [1.165, 1.54) is 4.68 Å². The van der Waals surface area contributed by atoms with Crippen LogP contribution in [0.3, 0.4) is 0 Å². The monoisotopic (exact) mass is 430 g/mol. The van der Waals surface area contributed by atoms with Gasteiger partial charge in [-0.2, -0.15) is 4.68 Å². The van der Waals surface area contributed by atoms with Crippen molar-refractivity contribution < 1.29 is 9.53 Å². The number of aromatic nitrogens is 4. The summed E-state index contributed by atoms with van der Waals surface area (Å²) in [4.78, 5) is 13.3. The molecule has 0 fully saturated rings. The second kappa shape index (κ2) is 7.73. The molecule has 1 atom stereocenters. The van der Waals surface area contributed by atoms with Gasteiger partial charge >= 0.3 is 0 Å². The van der Waals surface area contributed by atoms with E-state index in [-0.39, 0.29) is 5.91 Å². The molecule has 10 heteroatoms. The Labute approximate surface area is 176 Å². The third kappa shape index (κ3) is 3.52. The molecule has 0 saturated carbocycles. The second-order valence-corrected chi connectivity index (χ2v) is 7.18. The standard InChI is InChI=1S/C19H16Cl2N6O2/c1-10-16(18(28)23-14-5-3-4-6-15(14)29-2)17(27-19(22-10)24-25-26-27)12-8-7-11(20)9-13(12)21/h3-9,17H,1-2H3,(H,23,28)(H,22,24,26)/t17-/m0/s1. The zero-order valence-electron chi connectivity index (χ0n) is 15.5. The number of para-hydroxylation sites is 2. The molecule has 1 aliphatic heterocycles. The second-order valence-electron chi connectivity index (χ2n) is 6.33. The van der Waals surface area contributed by atoms with Gasteiger partial charge in [-0.05, 0) is 41.6 Å². The average molecular weight is 431 g/mol. The molecule has 2 N–H and O–H groups in total. The maximum Gasteiger partial charge on any atom is 0.255 e. The number of allylic oxidation sites excluding steroid dienone is 1. The fourth-order valence-electron chi connectivity index (χ4n) is 3.25. The number of ether oxygens (including phenoxy) is 1. The fraction of sp³-hybridized carbons (Fsp3) is 0.158. The summed E-state index contributed by atoms with van der Waals surface area (Å²) in [5.74, 6) is 0.621. The van der Waals surface area contributed by atoms with Crippen LogP contribution in [0.25, 0.3) is 0 Å². The lowest BCUT2D eigenvalue weighted by Gasteiger charge is -2.28. The van der Waals surface area contributed by atoms with Gasteiger partial charge in [0.1, 0.15) is 11.8 Å². The van der Waals surface area contributed by atoms with Crippen LogP contribution in [-0.2, 0) is 4.79 Å². The van der Waals surface area contributed by atoms with Crippen LogP contribution in [0, 0.1) is 0 Å². The molecular weight excluding hydrogens is 415 g/mol. The van der Waals surface area contributed by atoms with Gasteiger partial charge in [0.25, 0.3) is 5.91 Å². The first-order valence-corrected chi connectivity index (χ1v) is 9.40. The van der Waals surface area contributed by atoms with Gasteiger partial charge < -0.3 is 15.4 Å². The van der Waals surface area contributed by atoms with Crippen LogP contribution in [0.1, 0.15) is 18.5 Å². The van der Waals surface area contributed by atoms with Gasteiger partial charge in [0, 0.05) is 21.3 Å². The molecular formula is C19H16Cl2N6O2. The summed E-state index contributed by atoms with van der Waals surface area (Å²) in [7, 11) is 1.54. The molecule has 1 aromatic heterocycles. The number of benzene rings is 2. The number of anilines is 2. The summed E-state index contributed by atoms with van der Waals surface area (Å²) >= 11 is 12.5. The highest BCUT2D eigenvalue weighted by atomic mass is 35.5. The molecule has 0 aliphatic carbocycles. The summed E-state index contributed by atoms with van der Waals surface area (Å²) in [6.07, 6.45) is 0. The number of amides is 1. The van der Waals surface area contributed by atoms with E-state index < -0.39 is 6.04 Å². The highest BCUT2D eigenvalue weighted by Crippen LogP contribution is 2.39. The number of rotatable bonds is 4.